The summed E-state index contributed by atoms with van der Waals surface area (Å²) in [5.74, 6) is 0. The molecule has 0 heterocycles. The van der Waals surface area contributed by atoms with Gasteiger partial charge in [-0.1, -0.05) is 0 Å². The van der Waals surface area contributed by atoms with Crippen molar-refractivity contribution < 1.29 is 94.7 Å². The molecule has 0 unspecified atom stereocenters. The van der Waals surface area contributed by atoms with Crippen molar-refractivity contribution in [2.24, 2.45) is 0 Å². The first-order valence-corrected chi connectivity index (χ1v) is 6.00. The van der Waals surface area contributed by atoms with E-state index in [0.29, 0.717) is 0 Å². The zero-order chi connectivity index (χ0) is 13.5. The maximum Gasteiger partial charge on any atom is 3.00 e. The molecule has 0 aliphatic heterocycles. The second-order valence-electron chi connectivity index (χ2n) is 1.22. The SMILES string of the molecule is O=S(=O)([O-])[O-].O=S(=O)([O-])[O-].O=S(=O)([O-])[O-].[Mo+3].[Mo+3]. The molecule has 0 aliphatic carbocycles. The van der Waals surface area contributed by atoms with Crippen molar-refractivity contribution >= 4 is 31.2 Å². The minimum atomic E-state index is -5.17. The van der Waals surface area contributed by atoms with Crippen LogP contribution in [0.3, 0.4) is 0 Å². The van der Waals surface area contributed by atoms with Crippen molar-refractivity contribution in [1.29, 1.82) is 0 Å². The Bertz CT molecular complexity index is 341. The molecule has 17 heavy (non-hydrogen) atoms. The Labute approximate surface area is 125 Å². The second-order valence-corrected chi connectivity index (χ2v) is 3.67. The van der Waals surface area contributed by atoms with Crippen molar-refractivity contribution in [3.05, 3.63) is 0 Å². The van der Waals surface area contributed by atoms with Crippen LogP contribution in [0.4, 0.5) is 0 Å². The molecule has 0 spiro atoms. The Hall–Kier alpha value is 0.987. The first-order valence-electron chi connectivity index (χ1n) is 2.00. The van der Waals surface area contributed by atoms with E-state index in [4.69, 9.17) is 52.6 Å². The first-order chi connectivity index (χ1) is 6.00. The van der Waals surface area contributed by atoms with Gasteiger partial charge in [0.15, 0.2) is 0 Å². The predicted molar refractivity (Wildman–Crippen MR) is 31.4 cm³/mol. The van der Waals surface area contributed by atoms with Crippen LogP contribution < -0.4 is 0 Å². The zero-order valence-electron chi connectivity index (χ0n) is 6.94. The molecule has 0 aromatic heterocycles. The molecule has 17 heteroatoms. The van der Waals surface area contributed by atoms with Gasteiger partial charge in [0.25, 0.3) is 0 Å². The first kappa shape index (κ1) is 30.8. The summed E-state index contributed by atoms with van der Waals surface area (Å²) < 4.78 is 102. The molecule has 2 radical (unpaired) electrons. The van der Waals surface area contributed by atoms with Crippen molar-refractivity contribution in [2.75, 3.05) is 0 Å². The van der Waals surface area contributed by atoms with Crippen LogP contribution in [0.2, 0.25) is 0 Å². The molecule has 0 atom stereocenters. The van der Waals surface area contributed by atoms with Gasteiger partial charge >= 0.3 is 42.1 Å². The summed E-state index contributed by atoms with van der Waals surface area (Å²) in [5, 5.41) is 0. The molecule has 0 bridgehead atoms. The normalized spacial score (nSPS) is 10.2. The van der Waals surface area contributed by atoms with E-state index >= 15 is 0 Å². The summed E-state index contributed by atoms with van der Waals surface area (Å²) in [6.07, 6.45) is 0. The maximum absolute atomic E-state index is 8.52. The van der Waals surface area contributed by atoms with Gasteiger partial charge in [0, 0.05) is 31.2 Å². The number of rotatable bonds is 0. The topological polar surface area (TPSA) is 241 Å². The molecular weight excluding hydrogens is 480 g/mol. The summed E-state index contributed by atoms with van der Waals surface area (Å²) in [4.78, 5) is 0. The van der Waals surface area contributed by atoms with E-state index in [1.165, 1.54) is 0 Å². The molecule has 0 aliphatic rings. The van der Waals surface area contributed by atoms with E-state index in [1.807, 2.05) is 0 Å². The number of hydrogen-bond donors (Lipinski definition) is 0. The Morgan fingerprint density at radius 3 is 0.412 bits per heavy atom. The van der Waals surface area contributed by atoms with Crippen molar-refractivity contribution in [2.45, 2.75) is 0 Å². The molecular formula is Mo2O12S3. The van der Waals surface area contributed by atoms with Crippen LogP contribution >= 0.6 is 0 Å². The summed E-state index contributed by atoms with van der Waals surface area (Å²) in [6, 6.07) is 0. The minimum Gasteiger partial charge on any atom is -0.759 e. The molecule has 0 fully saturated rings. The molecule has 12 nitrogen and oxygen atoms in total. The van der Waals surface area contributed by atoms with Gasteiger partial charge in [0.05, 0.1) is 0 Å². The smallest absolute Gasteiger partial charge is 0.759 e. The fourth-order valence-corrected chi connectivity index (χ4v) is 0. The van der Waals surface area contributed by atoms with Crippen LogP contribution in [0.5, 0.6) is 0 Å². The minimum absolute atomic E-state index is 0. The average Bonchev–Trinajstić information content (AvgIpc) is 1.41. The maximum atomic E-state index is 8.52. The van der Waals surface area contributed by atoms with E-state index in [-0.39, 0.29) is 42.1 Å². The van der Waals surface area contributed by atoms with Gasteiger partial charge in [-0.3, -0.25) is 25.3 Å². The fourth-order valence-electron chi connectivity index (χ4n) is 0. The van der Waals surface area contributed by atoms with Gasteiger partial charge in [0.2, 0.25) is 0 Å². The molecule has 0 rings (SSSR count). The summed E-state index contributed by atoms with van der Waals surface area (Å²) in [7, 11) is -15.5. The molecule has 0 saturated carbocycles. The van der Waals surface area contributed by atoms with Crippen LogP contribution in [0.1, 0.15) is 0 Å². The zero-order valence-corrected chi connectivity index (χ0v) is 13.4. The van der Waals surface area contributed by atoms with Crippen LogP contribution in [-0.4, -0.2) is 52.6 Å². The average molecular weight is 480 g/mol. The fraction of sp³-hybridized carbons (Fsp3) is 0. The van der Waals surface area contributed by atoms with Gasteiger partial charge in [-0.25, -0.2) is 0 Å². The number of hydrogen-bond acceptors (Lipinski definition) is 12. The van der Waals surface area contributed by atoms with Gasteiger partial charge in [-0.15, -0.1) is 0 Å². The van der Waals surface area contributed by atoms with E-state index in [0.717, 1.165) is 0 Å². The Balaban J connectivity index is -0.0000000400. The monoisotopic (exact) mass is 484 g/mol. The van der Waals surface area contributed by atoms with E-state index in [1.54, 1.807) is 0 Å². The predicted octanol–water partition coefficient (Wildman–Crippen LogP) is -4.02. The van der Waals surface area contributed by atoms with Gasteiger partial charge in [-0.2, -0.15) is 0 Å². The van der Waals surface area contributed by atoms with Gasteiger partial charge in [-0.05, 0) is 0 Å². The summed E-state index contributed by atoms with van der Waals surface area (Å²) in [6.45, 7) is 0. The Morgan fingerprint density at radius 1 is 0.412 bits per heavy atom. The van der Waals surface area contributed by atoms with Crippen LogP contribution in [-0.2, 0) is 73.3 Å². The summed E-state index contributed by atoms with van der Waals surface area (Å²) in [5.41, 5.74) is 0. The van der Waals surface area contributed by atoms with Crippen molar-refractivity contribution in [3.8, 4) is 0 Å². The van der Waals surface area contributed by atoms with Crippen LogP contribution in [0.15, 0.2) is 0 Å². The van der Waals surface area contributed by atoms with Crippen LogP contribution in [0, 0.1) is 0 Å². The second kappa shape index (κ2) is 12.0. The third-order valence-corrected chi connectivity index (χ3v) is 0. The quantitative estimate of drug-likeness (QED) is 0.183. The third kappa shape index (κ3) is 3920. The Kier molecular flexibility index (Phi) is 21.8. The Morgan fingerprint density at radius 2 is 0.412 bits per heavy atom. The molecule has 0 aromatic rings. The standard InChI is InChI=1S/2Mo.3H2O4S/c;;3*1-5(2,3)4/h;;3*(H2,1,2,3,4)/q2*+3;;;/p-6. The van der Waals surface area contributed by atoms with Crippen molar-refractivity contribution in [3.63, 3.8) is 0 Å². The van der Waals surface area contributed by atoms with Gasteiger partial charge in [0.1, 0.15) is 0 Å². The van der Waals surface area contributed by atoms with E-state index < -0.39 is 31.2 Å². The molecule has 102 valence electrons. The van der Waals surface area contributed by atoms with E-state index in [2.05, 4.69) is 0 Å². The molecule has 0 saturated heterocycles. The molecule has 0 N–H and O–H groups in total. The summed E-state index contributed by atoms with van der Waals surface area (Å²) >= 11 is 0. The van der Waals surface area contributed by atoms with Crippen molar-refractivity contribution in [1.82, 2.24) is 0 Å². The van der Waals surface area contributed by atoms with Gasteiger partial charge < -0.3 is 27.3 Å². The third-order valence-electron chi connectivity index (χ3n) is 0. The van der Waals surface area contributed by atoms with E-state index in [9.17, 15) is 0 Å². The molecule has 0 amide bonds. The molecule has 0 aromatic carbocycles. The van der Waals surface area contributed by atoms with Crippen LogP contribution in [0.25, 0.3) is 0 Å². The largest absolute Gasteiger partial charge is 3.00 e.